The maximum absolute atomic E-state index is 13.6. The van der Waals surface area contributed by atoms with E-state index in [0.717, 1.165) is 11.1 Å². The molecule has 0 saturated carbocycles. The fraction of sp³-hybridized carbons (Fsp3) is 0.366. The van der Waals surface area contributed by atoms with Gasteiger partial charge in [-0.1, -0.05) is 102 Å². The second-order valence-corrected chi connectivity index (χ2v) is 13.0. The Hall–Kier alpha value is -5.19. The summed E-state index contributed by atoms with van der Waals surface area (Å²) in [4.78, 5) is 29.8. The molecule has 0 bridgehead atoms. The van der Waals surface area contributed by atoms with E-state index in [9.17, 15) is 25.3 Å². The van der Waals surface area contributed by atoms with Crippen LogP contribution in [0.4, 0.5) is 0 Å². The molecule has 2 fully saturated rings. The first-order valence-electron chi connectivity index (χ1n) is 18.0. The van der Waals surface area contributed by atoms with E-state index in [1.165, 1.54) is 7.11 Å². The average molecular weight is 770 g/mol. The second kappa shape index (κ2) is 20.1. The minimum atomic E-state index is -1.56. The predicted molar refractivity (Wildman–Crippen MR) is 198 cm³/mol. The lowest BCUT2D eigenvalue weighted by Crippen LogP contribution is -2.65. The van der Waals surface area contributed by atoms with Gasteiger partial charge in [-0.05, 0) is 40.9 Å². The van der Waals surface area contributed by atoms with Gasteiger partial charge in [0.1, 0.15) is 49.3 Å². The third-order valence-corrected chi connectivity index (χ3v) is 9.33. The lowest BCUT2D eigenvalue weighted by atomic mass is 9.95. The topological polar surface area (TPSA) is 197 Å². The maximum atomic E-state index is 13.6. The number of esters is 2. The summed E-state index contributed by atoms with van der Waals surface area (Å²) in [5.74, 6) is -1.42. The van der Waals surface area contributed by atoms with Gasteiger partial charge >= 0.3 is 11.9 Å². The SMILES string of the molecule is COC1OC(COC(=O)c2ccccc2)C(OC2OC(CO)C(O)C(OCc3ccccc3)C2OC(=O)c2ccccc2)C(OCc2ccccc2)C1N=[N+]=[N-]. The Bertz CT molecular complexity index is 1870. The molecule has 15 heteroatoms. The van der Waals surface area contributed by atoms with E-state index in [1.54, 1.807) is 60.7 Å². The highest BCUT2D eigenvalue weighted by atomic mass is 16.8. The molecule has 10 unspecified atom stereocenters. The number of benzene rings is 4. The molecule has 4 aromatic rings. The fourth-order valence-corrected chi connectivity index (χ4v) is 6.50. The first-order chi connectivity index (χ1) is 27.4. The number of ether oxygens (including phenoxy) is 8. The van der Waals surface area contributed by atoms with Crippen molar-refractivity contribution in [2.45, 2.75) is 74.6 Å². The van der Waals surface area contributed by atoms with Crippen LogP contribution in [0.2, 0.25) is 0 Å². The molecule has 0 aliphatic carbocycles. The van der Waals surface area contributed by atoms with E-state index in [2.05, 4.69) is 10.0 Å². The number of methoxy groups -OCH3 is 1. The molecule has 4 aromatic carbocycles. The van der Waals surface area contributed by atoms with E-state index in [-0.39, 0.29) is 24.3 Å². The van der Waals surface area contributed by atoms with Crippen LogP contribution >= 0.6 is 0 Å². The zero-order valence-corrected chi connectivity index (χ0v) is 30.5. The van der Waals surface area contributed by atoms with Gasteiger partial charge in [0.05, 0.1) is 30.9 Å². The number of carbonyl (C=O) groups is 2. The molecule has 0 spiro atoms. The summed E-state index contributed by atoms with van der Waals surface area (Å²) in [5, 5.41) is 25.9. The van der Waals surface area contributed by atoms with E-state index in [0.29, 0.717) is 0 Å². The van der Waals surface area contributed by atoms with Crippen molar-refractivity contribution in [3.05, 3.63) is 154 Å². The summed E-state index contributed by atoms with van der Waals surface area (Å²) < 4.78 is 49.2. The van der Waals surface area contributed by atoms with Crippen LogP contribution in [-0.2, 0) is 51.1 Å². The van der Waals surface area contributed by atoms with Crippen LogP contribution in [0.1, 0.15) is 31.8 Å². The van der Waals surface area contributed by atoms with E-state index in [1.807, 2.05) is 60.7 Å². The Labute approximate surface area is 323 Å². The summed E-state index contributed by atoms with van der Waals surface area (Å²) in [6, 6.07) is 33.7. The highest BCUT2D eigenvalue weighted by molar-refractivity contribution is 5.89. The smallest absolute Gasteiger partial charge is 0.338 e. The molecule has 10 atom stereocenters. The number of aliphatic hydroxyl groups is 2. The number of hydrogen-bond donors (Lipinski definition) is 2. The van der Waals surface area contributed by atoms with Gasteiger partial charge in [-0.2, -0.15) is 0 Å². The van der Waals surface area contributed by atoms with Crippen LogP contribution in [0, 0.1) is 0 Å². The highest BCUT2D eigenvalue weighted by Gasteiger charge is 2.54. The van der Waals surface area contributed by atoms with Gasteiger partial charge in [-0.25, -0.2) is 9.59 Å². The maximum Gasteiger partial charge on any atom is 0.338 e. The van der Waals surface area contributed by atoms with Gasteiger partial charge in [0, 0.05) is 12.0 Å². The number of carbonyl (C=O) groups excluding carboxylic acids is 2. The van der Waals surface area contributed by atoms with Crippen molar-refractivity contribution in [3.8, 4) is 0 Å². The quantitative estimate of drug-likeness (QED) is 0.0688. The lowest BCUT2D eigenvalue weighted by molar-refractivity contribution is -0.351. The minimum Gasteiger partial charge on any atom is -0.459 e. The number of hydrogen-bond acceptors (Lipinski definition) is 13. The number of nitrogens with zero attached hydrogens (tertiary/aromatic N) is 3. The van der Waals surface area contributed by atoms with Crippen molar-refractivity contribution in [3.63, 3.8) is 0 Å². The molecule has 294 valence electrons. The third kappa shape index (κ3) is 10.2. The Morgan fingerprint density at radius 2 is 1.21 bits per heavy atom. The number of aliphatic hydroxyl groups excluding tert-OH is 2. The molecule has 15 nitrogen and oxygen atoms in total. The molecular weight excluding hydrogens is 726 g/mol. The van der Waals surface area contributed by atoms with E-state index >= 15 is 0 Å². The monoisotopic (exact) mass is 769 g/mol. The molecule has 2 saturated heterocycles. The van der Waals surface area contributed by atoms with E-state index < -0.39 is 86.5 Å². The molecule has 2 aliphatic heterocycles. The van der Waals surface area contributed by atoms with Crippen molar-refractivity contribution < 1.29 is 57.7 Å². The summed E-state index contributed by atoms with van der Waals surface area (Å²) in [6.07, 6.45) is -11.8. The number of rotatable bonds is 16. The second-order valence-electron chi connectivity index (χ2n) is 13.0. The Kier molecular flexibility index (Phi) is 14.5. The average Bonchev–Trinajstić information content (AvgIpc) is 3.24. The summed E-state index contributed by atoms with van der Waals surface area (Å²) in [6.45, 7) is -1.04. The van der Waals surface area contributed by atoms with Crippen LogP contribution in [0.5, 0.6) is 0 Å². The van der Waals surface area contributed by atoms with Crippen LogP contribution in [0.25, 0.3) is 10.4 Å². The predicted octanol–water partition coefficient (Wildman–Crippen LogP) is 4.75. The molecule has 0 aromatic heterocycles. The molecule has 2 aliphatic rings. The van der Waals surface area contributed by atoms with Gasteiger partial charge in [0.2, 0.25) is 0 Å². The first kappa shape index (κ1) is 40.5. The molecule has 6 rings (SSSR count). The fourth-order valence-electron chi connectivity index (χ4n) is 6.50. The standard InChI is InChI=1S/C41H43N3O12/c1-49-40-32(43-44-42)35(50-23-26-14-6-2-7-15-26)34(31(54-40)25-52-38(47)28-18-10-4-11-19-28)56-41-37(55-39(48)29-20-12-5-13-21-29)36(33(46)30(22-45)53-41)51-24-27-16-8-3-9-17-27/h2-21,30-37,40-41,45-46H,22-25H2,1H3. The molecule has 2 heterocycles. The summed E-state index contributed by atoms with van der Waals surface area (Å²) >= 11 is 0. The van der Waals surface area contributed by atoms with Crippen molar-refractivity contribution in [1.29, 1.82) is 0 Å². The van der Waals surface area contributed by atoms with Crippen LogP contribution in [0.15, 0.2) is 126 Å². The number of azide groups is 1. The van der Waals surface area contributed by atoms with Crippen LogP contribution in [-0.4, -0.2) is 104 Å². The van der Waals surface area contributed by atoms with Gasteiger partial charge in [0.15, 0.2) is 18.7 Å². The van der Waals surface area contributed by atoms with Crippen molar-refractivity contribution in [2.24, 2.45) is 5.11 Å². The molecule has 0 radical (unpaired) electrons. The van der Waals surface area contributed by atoms with Crippen LogP contribution in [0.3, 0.4) is 0 Å². The van der Waals surface area contributed by atoms with Crippen molar-refractivity contribution in [1.82, 2.24) is 0 Å². The molecular formula is C41H43N3O12. The van der Waals surface area contributed by atoms with Crippen LogP contribution < -0.4 is 0 Å². The zero-order chi connectivity index (χ0) is 39.3. The normalized spacial score (nSPS) is 27.4. The third-order valence-electron chi connectivity index (χ3n) is 9.33. The Morgan fingerprint density at radius 1 is 0.696 bits per heavy atom. The molecule has 2 N–H and O–H groups in total. The lowest BCUT2D eigenvalue weighted by Gasteiger charge is -2.48. The molecule has 56 heavy (non-hydrogen) atoms. The molecule has 0 amide bonds. The zero-order valence-electron chi connectivity index (χ0n) is 30.5. The van der Waals surface area contributed by atoms with Gasteiger partial charge in [-0.15, -0.1) is 0 Å². The van der Waals surface area contributed by atoms with E-state index in [4.69, 9.17) is 37.9 Å². The van der Waals surface area contributed by atoms with Crippen molar-refractivity contribution >= 4 is 11.9 Å². The van der Waals surface area contributed by atoms with Gasteiger partial charge in [-0.3, -0.25) is 0 Å². The summed E-state index contributed by atoms with van der Waals surface area (Å²) in [5.41, 5.74) is 11.7. The first-order valence-corrected chi connectivity index (χ1v) is 18.0. The minimum absolute atomic E-state index is 0.00524. The van der Waals surface area contributed by atoms with Crippen molar-refractivity contribution in [2.75, 3.05) is 20.3 Å². The summed E-state index contributed by atoms with van der Waals surface area (Å²) in [7, 11) is 1.36. The largest absolute Gasteiger partial charge is 0.459 e. The highest BCUT2D eigenvalue weighted by Crippen LogP contribution is 2.35. The van der Waals surface area contributed by atoms with Gasteiger partial charge < -0.3 is 48.1 Å². The Morgan fingerprint density at radius 3 is 1.75 bits per heavy atom. The Balaban J connectivity index is 1.38. The van der Waals surface area contributed by atoms with Gasteiger partial charge in [0.25, 0.3) is 0 Å².